The number of fused-ring (bicyclic) bond motifs is 1. The van der Waals surface area contributed by atoms with E-state index >= 15 is 0 Å². The number of pyridine rings is 1. The Labute approximate surface area is 157 Å². The zero-order valence-electron chi connectivity index (χ0n) is 13.0. The van der Waals surface area contributed by atoms with E-state index in [9.17, 15) is 0 Å². The van der Waals surface area contributed by atoms with Gasteiger partial charge in [0.1, 0.15) is 0 Å². The van der Waals surface area contributed by atoms with Crippen molar-refractivity contribution >= 4 is 40.3 Å². The third-order valence-electron chi connectivity index (χ3n) is 3.57. The summed E-state index contributed by atoms with van der Waals surface area (Å²) < 4.78 is 3.00. The molecule has 4 aromatic rings. The maximum atomic E-state index is 4.55. The van der Waals surface area contributed by atoms with Gasteiger partial charge < -0.3 is 0 Å². The van der Waals surface area contributed by atoms with Gasteiger partial charge in [-0.15, -0.1) is 0 Å². The third kappa shape index (κ3) is 3.66. The van der Waals surface area contributed by atoms with Gasteiger partial charge in [-0.2, -0.15) is 5.10 Å². The van der Waals surface area contributed by atoms with Crippen molar-refractivity contribution in [2.45, 2.75) is 0 Å². The van der Waals surface area contributed by atoms with E-state index in [-0.39, 0.29) is 0 Å². The summed E-state index contributed by atoms with van der Waals surface area (Å²) in [6, 6.07) is 11.8. The van der Waals surface area contributed by atoms with Gasteiger partial charge in [0.25, 0.3) is 0 Å². The fourth-order valence-electron chi connectivity index (χ4n) is 2.35. The molecule has 0 fully saturated rings. The summed E-state index contributed by atoms with van der Waals surface area (Å²) in [5, 5.41) is 4.23. The van der Waals surface area contributed by atoms with Crippen LogP contribution in [0.15, 0.2) is 72.5 Å². The van der Waals surface area contributed by atoms with Crippen LogP contribution in [0, 0.1) is 3.57 Å². The van der Waals surface area contributed by atoms with E-state index < -0.39 is 0 Å². The number of halogens is 1. The molecule has 0 amide bonds. The smallest absolute Gasteiger partial charge is 0.234 e. The van der Waals surface area contributed by atoms with Crippen LogP contribution in [0.2, 0.25) is 0 Å². The number of hydrogen-bond donors (Lipinski definition) is 1. The Morgan fingerprint density at radius 3 is 2.64 bits per heavy atom. The van der Waals surface area contributed by atoms with Gasteiger partial charge in [-0.25, -0.2) is 9.97 Å². The first-order chi connectivity index (χ1) is 12.3. The number of rotatable bonds is 4. The van der Waals surface area contributed by atoms with E-state index in [0.29, 0.717) is 5.78 Å². The minimum absolute atomic E-state index is 0.694. The van der Waals surface area contributed by atoms with Crippen LogP contribution in [0.3, 0.4) is 0 Å². The van der Waals surface area contributed by atoms with Gasteiger partial charge >= 0.3 is 0 Å². The molecule has 4 rings (SSSR count). The highest BCUT2D eigenvalue weighted by molar-refractivity contribution is 14.1. The molecule has 1 aromatic carbocycles. The van der Waals surface area contributed by atoms with Crippen molar-refractivity contribution in [3.05, 3.63) is 76.5 Å². The summed E-state index contributed by atoms with van der Waals surface area (Å²) in [5.74, 6) is 0.694. The molecule has 0 aliphatic rings. The maximum absolute atomic E-state index is 4.55. The second kappa shape index (κ2) is 6.98. The van der Waals surface area contributed by atoms with E-state index in [1.54, 1.807) is 24.8 Å². The molecule has 0 atom stereocenters. The zero-order valence-corrected chi connectivity index (χ0v) is 15.2. The number of nitrogens with zero attached hydrogens (tertiary/aromatic N) is 5. The van der Waals surface area contributed by atoms with Gasteiger partial charge in [0, 0.05) is 40.1 Å². The van der Waals surface area contributed by atoms with Crippen LogP contribution < -0.4 is 5.43 Å². The van der Waals surface area contributed by atoms with Crippen LogP contribution in [-0.2, 0) is 0 Å². The van der Waals surface area contributed by atoms with E-state index in [0.717, 1.165) is 26.1 Å². The van der Waals surface area contributed by atoms with Gasteiger partial charge in [0.05, 0.1) is 17.6 Å². The molecule has 0 aliphatic carbocycles. The van der Waals surface area contributed by atoms with Gasteiger partial charge in [-0.05, 0) is 52.4 Å². The molecular formula is C18H13IN6. The third-order valence-corrected chi connectivity index (χ3v) is 4.13. The molecule has 0 saturated heterocycles. The molecule has 0 bridgehead atoms. The van der Waals surface area contributed by atoms with Gasteiger partial charge in [-0.1, -0.05) is 12.1 Å². The highest BCUT2D eigenvalue weighted by Crippen LogP contribution is 2.21. The standard InChI is InChI=1S/C18H13IN6/c19-15-10-21-18-23-17(12-25(18)11-15)14-1-3-16(4-2-14)24-22-9-13-5-7-20-8-6-13/h1-12,24H. The summed E-state index contributed by atoms with van der Waals surface area (Å²) in [6.07, 6.45) is 11.0. The Bertz CT molecular complexity index is 1020. The zero-order chi connectivity index (χ0) is 17.1. The number of hydrazone groups is 1. The largest absolute Gasteiger partial charge is 0.289 e. The van der Waals surface area contributed by atoms with Crippen LogP contribution >= 0.6 is 22.6 Å². The number of benzene rings is 1. The van der Waals surface area contributed by atoms with Gasteiger partial charge in [0.15, 0.2) is 0 Å². The molecule has 3 aromatic heterocycles. The van der Waals surface area contributed by atoms with Crippen LogP contribution in [0.4, 0.5) is 5.69 Å². The summed E-state index contributed by atoms with van der Waals surface area (Å²) >= 11 is 2.24. The van der Waals surface area contributed by atoms with E-state index in [1.807, 2.05) is 53.2 Å². The Morgan fingerprint density at radius 1 is 1.04 bits per heavy atom. The average Bonchev–Trinajstić information content (AvgIpc) is 3.06. The predicted octanol–water partition coefficient (Wildman–Crippen LogP) is 3.84. The Morgan fingerprint density at radius 2 is 1.84 bits per heavy atom. The SMILES string of the molecule is Ic1cnc2nc(-c3ccc(NN=Cc4ccncc4)cc3)cn2c1. The summed E-state index contributed by atoms with van der Waals surface area (Å²) in [5.41, 5.74) is 6.84. The molecule has 122 valence electrons. The average molecular weight is 440 g/mol. The highest BCUT2D eigenvalue weighted by atomic mass is 127. The van der Waals surface area contributed by atoms with Crippen molar-refractivity contribution in [1.29, 1.82) is 0 Å². The lowest BCUT2D eigenvalue weighted by molar-refractivity contribution is 1.09. The first-order valence-electron chi connectivity index (χ1n) is 7.58. The summed E-state index contributed by atoms with van der Waals surface area (Å²) in [7, 11) is 0. The lowest BCUT2D eigenvalue weighted by atomic mass is 10.1. The van der Waals surface area contributed by atoms with Crippen molar-refractivity contribution in [1.82, 2.24) is 19.4 Å². The first-order valence-corrected chi connectivity index (χ1v) is 8.66. The summed E-state index contributed by atoms with van der Waals surface area (Å²) in [4.78, 5) is 12.8. The molecule has 0 aliphatic heterocycles. The molecule has 25 heavy (non-hydrogen) atoms. The first kappa shape index (κ1) is 15.7. The number of nitrogens with one attached hydrogen (secondary N) is 1. The van der Waals surface area contributed by atoms with E-state index in [2.05, 4.69) is 48.1 Å². The second-order valence-corrected chi connectivity index (χ2v) is 6.58. The maximum Gasteiger partial charge on any atom is 0.234 e. The lowest BCUT2D eigenvalue weighted by Gasteiger charge is -2.01. The van der Waals surface area contributed by atoms with E-state index in [4.69, 9.17) is 0 Å². The monoisotopic (exact) mass is 440 g/mol. The predicted molar refractivity (Wildman–Crippen MR) is 107 cm³/mol. The quantitative estimate of drug-likeness (QED) is 0.298. The second-order valence-electron chi connectivity index (χ2n) is 5.33. The van der Waals surface area contributed by atoms with Crippen molar-refractivity contribution in [3.63, 3.8) is 0 Å². The fraction of sp³-hybridized carbons (Fsp3) is 0. The van der Waals surface area contributed by atoms with Gasteiger partial charge in [0.2, 0.25) is 5.78 Å². The molecular weight excluding hydrogens is 427 g/mol. The number of imidazole rings is 1. The van der Waals surface area contributed by atoms with Crippen molar-refractivity contribution < 1.29 is 0 Å². The molecule has 0 unspecified atom stereocenters. The minimum Gasteiger partial charge on any atom is -0.289 e. The van der Waals surface area contributed by atoms with Crippen LogP contribution in [0.1, 0.15) is 5.56 Å². The van der Waals surface area contributed by atoms with Crippen molar-refractivity contribution in [2.75, 3.05) is 5.43 Å². The van der Waals surface area contributed by atoms with Crippen molar-refractivity contribution in [2.24, 2.45) is 5.10 Å². The fourth-order valence-corrected chi connectivity index (χ4v) is 2.78. The molecule has 0 spiro atoms. The van der Waals surface area contributed by atoms with Crippen LogP contribution in [-0.4, -0.2) is 25.6 Å². The molecule has 0 radical (unpaired) electrons. The van der Waals surface area contributed by atoms with E-state index in [1.165, 1.54) is 0 Å². The molecule has 3 heterocycles. The Balaban J connectivity index is 1.50. The minimum atomic E-state index is 0.694. The molecule has 0 saturated carbocycles. The molecule has 7 heteroatoms. The lowest BCUT2D eigenvalue weighted by Crippen LogP contribution is -1.90. The number of hydrogen-bond acceptors (Lipinski definition) is 5. The normalized spacial score (nSPS) is 11.2. The highest BCUT2D eigenvalue weighted by Gasteiger charge is 2.05. The number of aromatic nitrogens is 4. The topological polar surface area (TPSA) is 67.5 Å². The van der Waals surface area contributed by atoms with Gasteiger partial charge in [-0.3, -0.25) is 14.8 Å². The Hall–Kier alpha value is -2.81. The molecule has 6 nitrogen and oxygen atoms in total. The molecule has 1 N–H and O–H groups in total. The Kier molecular flexibility index (Phi) is 4.38. The number of anilines is 1. The van der Waals surface area contributed by atoms with Crippen LogP contribution in [0.5, 0.6) is 0 Å². The van der Waals surface area contributed by atoms with Crippen molar-refractivity contribution in [3.8, 4) is 11.3 Å². The summed E-state index contributed by atoms with van der Waals surface area (Å²) in [6.45, 7) is 0. The van der Waals surface area contributed by atoms with Crippen LogP contribution in [0.25, 0.3) is 17.0 Å².